The van der Waals surface area contributed by atoms with Crippen molar-refractivity contribution in [2.45, 2.75) is 26.9 Å². The Morgan fingerprint density at radius 1 is 1.27 bits per heavy atom. The van der Waals surface area contributed by atoms with Crippen molar-refractivity contribution in [3.8, 4) is 0 Å². The van der Waals surface area contributed by atoms with E-state index in [1.807, 2.05) is 6.92 Å². The molecular weight excluding hydrogens is 194 g/mol. The van der Waals surface area contributed by atoms with Gasteiger partial charge in [-0.15, -0.1) is 0 Å². The van der Waals surface area contributed by atoms with Gasteiger partial charge < -0.3 is 11.5 Å². The molecule has 1 rings (SSSR count). The molecule has 0 saturated heterocycles. The first-order valence-electron chi connectivity index (χ1n) is 4.69. The molecule has 0 heterocycles. The minimum absolute atomic E-state index is 0.0986. The van der Waals surface area contributed by atoms with Crippen LogP contribution in [0.4, 0.5) is 5.69 Å². The molecule has 5 heteroatoms. The number of nitrogens with two attached hydrogens (primary N) is 2. The Morgan fingerprint density at radius 2 is 1.87 bits per heavy atom. The Labute approximate surface area is 88.2 Å². The average Bonchev–Trinajstić information content (AvgIpc) is 2.18. The molecular formula is C10H15N3O2. The first kappa shape index (κ1) is 11.6. The minimum atomic E-state index is -0.396. The molecule has 1 aromatic rings. The van der Waals surface area contributed by atoms with E-state index in [9.17, 15) is 10.1 Å². The molecule has 15 heavy (non-hydrogen) atoms. The second kappa shape index (κ2) is 4.37. The molecule has 0 aromatic heterocycles. The van der Waals surface area contributed by atoms with Gasteiger partial charge in [0, 0.05) is 24.7 Å². The molecule has 0 unspecified atom stereocenters. The highest BCUT2D eigenvalue weighted by Gasteiger charge is 2.17. The van der Waals surface area contributed by atoms with Gasteiger partial charge in [0.1, 0.15) is 0 Å². The number of nitrogens with zero attached hydrogens (tertiary/aromatic N) is 1. The molecule has 4 N–H and O–H groups in total. The van der Waals surface area contributed by atoms with Crippen LogP contribution in [0.5, 0.6) is 0 Å². The van der Waals surface area contributed by atoms with Crippen LogP contribution in [-0.4, -0.2) is 4.92 Å². The zero-order chi connectivity index (χ0) is 11.6. The number of benzene rings is 1. The summed E-state index contributed by atoms with van der Waals surface area (Å²) in [5.74, 6) is 0. The third-order valence-electron chi connectivity index (χ3n) is 2.70. The summed E-state index contributed by atoms with van der Waals surface area (Å²) >= 11 is 0. The molecule has 0 radical (unpaired) electrons. The van der Waals surface area contributed by atoms with Crippen LogP contribution in [0.1, 0.15) is 22.3 Å². The summed E-state index contributed by atoms with van der Waals surface area (Å²) in [7, 11) is 0. The highest BCUT2D eigenvalue weighted by molar-refractivity contribution is 5.52. The van der Waals surface area contributed by atoms with Crippen molar-refractivity contribution >= 4 is 5.69 Å². The van der Waals surface area contributed by atoms with E-state index in [-0.39, 0.29) is 5.69 Å². The van der Waals surface area contributed by atoms with Crippen molar-refractivity contribution in [2.75, 3.05) is 0 Å². The lowest BCUT2D eigenvalue weighted by Crippen LogP contribution is -2.09. The summed E-state index contributed by atoms with van der Waals surface area (Å²) in [6, 6.07) is 1.53. The molecule has 5 nitrogen and oxygen atoms in total. The van der Waals surface area contributed by atoms with Crippen molar-refractivity contribution in [3.05, 3.63) is 38.4 Å². The van der Waals surface area contributed by atoms with Gasteiger partial charge in [0.05, 0.1) is 4.92 Å². The van der Waals surface area contributed by atoms with Crippen LogP contribution in [0.3, 0.4) is 0 Å². The Balaban J connectivity index is 3.51. The third kappa shape index (κ3) is 1.98. The van der Waals surface area contributed by atoms with Gasteiger partial charge in [0.25, 0.3) is 5.69 Å². The monoisotopic (exact) mass is 209 g/mol. The molecule has 0 aliphatic rings. The Hall–Kier alpha value is -1.46. The molecule has 82 valence electrons. The van der Waals surface area contributed by atoms with E-state index in [0.717, 1.165) is 16.7 Å². The smallest absolute Gasteiger partial charge is 0.272 e. The summed E-state index contributed by atoms with van der Waals surface area (Å²) in [5, 5.41) is 10.8. The number of nitro groups is 1. The average molecular weight is 209 g/mol. The maximum absolute atomic E-state index is 10.8. The quantitative estimate of drug-likeness (QED) is 0.576. The second-order valence-electron chi connectivity index (χ2n) is 3.45. The largest absolute Gasteiger partial charge is 0.326 e. The van der Waals surface area contributed by atoms with E-state index in [0.29, 0.717) is 18.7 Å². The van der Waals surface area contributed by atoms with E-state index in [1.54, 1.807) is 6.92 Å². The summed E-state index contributed by atoms with van der Waals surface area (Å²) in [5.41, 5.74) is 14.4. The van der Waals surface area contributed by atoms with Crippen molar-refractivity contribution < 1.29 is 4.92 Å². The zero-order valence-electron chi connectivity index (χ0n) is 8.91. The SMILES string of the molecule is Cc1c(CN)cc([N+](=O)[O-])c(C)c1CN. The van der Waals surface area contributed by atoms with Gasteiger partial charge in [0.2, 0.25) is 0 Å². The number of rotatable bonds is 3. The van der Waals surface area contributed by atoms with Crippen LogP contribution in [0.2, 0.25) is 0 Å². The molecule has 0 atom stereocenters. The van der Waals surface area contributed by atoms with Crippen LogP contribution in [0.15, 0.2) is 6.07 Å². The fourth-order valence-corrected chi connectivity index (χ4v) is 1.72. The van der Waals surface area contributed by atoms with Crippen molar-refractivity contribution in [1.82, 2.24) is 0 Å². The van der Waals surface area contributed by atoms with Crippen LogP contribution >= 0.6 is 0 Å². The molecule has 0 saturated carbocycles. The standard InChI is InChI=1S/C10H15N3O2/c1-6-8(4-11)3-10(13(14)15)7(2)9(6)5-12/h3H,4-5,11-12H2,1-2H3. The van der Waals surface area contributed by atoms with Gasteiger partial charge >= 0.3 is 0 Å². The van der Waals surface area contributed by atoms with Gasteiger partial charge in [0.15, 0.2) is 0 Å². The highest BCUT2D eigenvalue weighted by atomic mass is 16.6. The second-order valence-corrected chi connectivity index (χ2v) is 3.45. The van der Waals surface area contributed by atoms with Gasteiger partial charge in [-0.1, -0.05) is 0 Å². The number of nitro benzene ring substituents is 1. The van der Waals surface area contributed by atoms with Gasteiger partial charge in [-0.3, -0.25) is 10.1 Å². The van der Waals surface area contributed by atoms with E-state index in [1.165, 1.54) is 6.07 Å². The number of hydrogen-bond donors (Lipinski definition) is 2. The summed E-state index contributed by atoms with van der Waals surface area (Å²) < 4.78 is 0. The zero-order valence-corrected chi connectivity index (χ0v) is 8.91. The molecule has 1 aromatic carbocycles. The Kier molecular flexibility index (Phi) is 3.39. The summed E-state index contributed by atoms with van der Waals surface area (Å²) in [4.78, 5) is 10.4. The lowest BCUT2D eigenvalue weighted by atomic mass is 9.96. The van der Waals surface area contributed by atoms with Crippen molar-refractivity contribution in [1.29, 1.82) is 0 Å². The third-order valence-corrected chi connectivity index (χ3v) is 2.70. The Morgan fingerprint density at radius 3 is 2.27 bits per heavy atom. The lowest BCUT2D eigenvalue weighted by molar-refractivity contribution is -0.385. The molecule has 0 spiro atoms. The maximum atomic E-state index is 10.8. The fraction of sp³-hybridized carbons (Fsp3) is 0.400. The first-order chi connectivity index (χ1) is 7.02. The fourth-order valence-electron chi connectivity index (χ4n) is 1.72. The predicted molar refractivity (Wildman–Crippen MR) is 58.4 cm³/mol. The van der Waals surface area contributed by atoms with Crippen LogP contribution in [0, 0.1) is 24.0 Å². The topological polar surface area (TPSA) is 95.2 Å². The predicted octanol–water partition coefficient (Wildman–Crippen LogP) is 1.13. The normalized spacial score (nSPS) is 10.4. The molecule has 0 aliphatic heterocycles. The summed E-state index contributed by atoms with van der Waals surface area (Å²) in [6.07, 6.45) is 0. The lowest BCUT2D eigenvalue weighted by Gasteiger charge is -2.12. The first-order valence-corrected chi connectivity index (χ1v) is 4.69. The van der Waals surface area contributed by atoms with Gasteiger partial charge in [-0.05, 0) is 30.5 Å². The van der Waals surface area contributed by atoms with Crippen molar-refractivity contribution in [3.63, 3.8) is 0 Å². The van der Waals surface area contributed by atoms with Crippen molar-refractivity contribution in [2.24, 2.45) is 11.5 Å². The van der Waals surface area contributed by atoms with Crippen LogP contribution < -0.4 is 11.5 Å². The van der Waals surface area contributed by atoms with Crippen LogP contribution in [0.25, 0.3) is 0 Å². The molecule has 0 fully saturated rings. The van der Waals surface area contributed by atoms with E-state index < -0.39 is 4.92 Å². The maximum Gasteiger partial charge on any atom is 0.272 e. The number of hydrogen-bond acceptors (Lipinski definition) is 4. The van der Waals surface area contributed by atoms with E-state index in [4.69, 9.17) is 11.5 Å². The van der Waals surface area contributed by atoms with Crippen LogP contribution in [-0.2, 0) is 13.1 Å². The Bertz CT molecular complexity index is 402. The minimum Gasteiger partial charge on any atom is -0.326 e. The highest BCUT2D eigenvalue weighted by Crippen LogP contribution is 2.27. The summed E-state index contributed by atoms with van der Waals surface area (Å²) in [6.45, 7) is 4.20. The molecule has 0 bridgehead atoms. The van der Waals surface area contributed by atoms with E-state index in [2.05, 4.69) is 0 Å². The van der Waals surface area contributed by atoms with Gasteiger partial charge in [-0.25, -0.2) is 0 Å². The van der Waals surface area contributed by atoms with E-state index >= 15 is 0 Å². The molecule has 0 aliphatic carbocycles. The molecule has 0 amide bonds. The van der Waals surface area contributed by atoms with Gasteiger partial charge in [-0.2, -0.15) is 0 Å².